The summed E-state index contributed by atoms with van der Waals surface area (Å²) >= 11 is 5.95. The molecule has 1 N–H and O–H groups in total. The Labute approximate surface area is 143 Å². The van der Waals surface area contributed by atoms with E-state index in [9.17, 15) is 8.42 Å². The fourth-order valence-electron chi connectivity index (χ4n) is 2.68. The summed E-state index contributed by atoms with van der Waals surface area (Å²) in [7, 11) is -3.53. The number of rotatable bonds is 5. The van der Waals surface area contributed by atoms with Crippen LogP contribution in [0.3, 0.4) is 0 Å². The number of hydrogen-bond donors (Lipinski definition) is 1. The second-order valence-corrected chi connectivity index (χ2v) is 8.01. The van der Waals surface area contributed by atoms with Crippen molar-refractivity contribution in [3.63, 3.8) is 0 Å². The van der Waals surface area contributed by atoms with Crippen molar-refractivity contribution in [3.8, 4) is 0 Å². The van der Waals surface area contributed by atoms with Gasteiger partial charge in [-0.15, -0.1) is 0 Å². The zero-order valence-corrected chi connectivity index (χ0v) is 15.5. The summed E-state index contributed by atoms with van der Waals surface area (Å²) in [6.45, 7) is 7.93. The van der Waals surface area contributed by atoms with E-state index in [4.69, 9.17) is 11.6 Å². The van der Waals surface area contributed by atoms with Crippen molar-refractivity contribution in [2.45, 2.75) is 39.0 Å². The molecule has 0 aliphatic rings. The highest BCUT2D eigenvalue weighted by molar-refractivity contribution is 7.89. The minimum atomic E-state index is -3.53. The van der Waals surface area contributed by atoms with E-state index in [1.54, 1.807) is 6.07 Å². The van der Waals surface area contributed by atoms with E-state index in [1.807, 2.05) is 52.0 Å². The molecule has 0 aliphatic heterocycles. The summed E-state index contributed by atoms with van der Waals surface area (Å²) in [5.74, 6) is 0. The Hall–Kier alpha value is -1.36. The Bertz CT molecular complexity index is 803. The van der Waals surface area contributed by atoms with Crippen molar-refractivity contribution in [2.24, 2.45) is 0 Å². The van der Waals surface area contributed by atoms with Gasteiger partial charge in [-0.25, -0.2) is 13.1 Å². The van der Waals surface area contributed by atoms with Crippen molar-refractivity contribution in [1.29, 1.82) is 0 Å². The molecule has 0 saturated carbocycles. The average molecular weight is 352 g/mol. The monoisotopic (exact) mass is 351 g/mol. The Kier molecular flexibility index (Phi) is 5.50. The maximum absolute atomic E-state index is 12.7. The van der Waals surface area contributed by atoms with E-state index >= 15 is 0 Å². The first-order valence-corrected chi connectivity index (χ1v) is 9.40. The van der Waals surface area contributed by atoms with Gasteiger partial charge in [0.15, 0.2) is 0 Å². The summed E-state index contributed by atoms with van der Waals surface area (Å²) in [4.78, 5) is 0.404. The van der Waals surface area contributed by atoms with Crippen molar-refractivity contribution in [3.05, 3.63) is 63.2 Å². The van der Waals surface area contributed by atoms with Crippen molar-refractivity contribution < 1.29 is 8.42 Å². The number of hydrogen-bond acceptors (Lipinski definition) is 2. The number of nitrogens with one attached hydrogen (secondary N) is 1. The molecule has 2 aromatic rings. The van der Waals surface area contributed by atoms with Gasteiger partial charge in [0.05, 0.1) is 4.90 Å². The molecule has 0 fully saturated rings. The first-order valence-electron chi connectivity index (χ1n) is 7.54. The van der Waals surface area contributed by atoms with Gasteiger partial charge >= 0.3 is 0 Å². The Morgan fingerprint density at radius 2 is 1.61 bits per heavy atom. The third-order valence-electron chi connectivity index (χ3n) is 4.16. The maximum atomic E-state index is 12.7. The van der Waals surface area contributed by atoms with Crippen LogP contribution in [0, 0.1) is 27.7 Å². The van der Waals surface area contributed by atoms with E-state index in [0.29, 0.717) is 22.9 Å². The number of benzene rings is 2. The third kappa shape index (κ3) is 4.14. The lowest BCUT2D eigenvalue weighted by molar-refractivity contribution is 0.580. The summed E-state index contributed by atoms with van der Waals surface area (Å²) in [5, 5.41) is 0.659. The highest BCUT2D eigenvalue weighted by Gasteiger charge is 2.21. The standard InChI is InChI=1S/C18H22ClNO2S/c1-12-10-13(2)15(4)18(14(12)3)23(21,22)20-9-8-16-6-5-7-17(19)11-16/h5-7,10-11,20H,8-9H2,1-4H3. The molecule has 0 amide bonds. The van der Waals surface area contributed by atoms with Crippen LogP contribution in [0.5, 0.6) is 0 Å². The van der Waals surface area contributed by atoms with Gasteiger partial charge in [-0.1, -0.05) is 29.8 Å². The van der Waals surface area contributed by atoms with Gasteiger partial charge in [0.1, 0.15) is 0 Å². The smallest absolute Gasteiger partial charge is 0.211 e. The first kappa shape index (κ1) is 18.0. The second-order valence-electron chi connectivity index (χ2n) is 5.87. The Balaban J connectivity index is 2.20. The van der Waals surface area contributed by atoms with Crippen LogP contribution in [-0.4, -0.2) is 15.0 Å². The van der Waals surface area contributed by atoms with Crippen LogP contribution >= 0.6 is 11.6 Å². The molecule has 0 spiro atoms. The zero-order valence-electron chi connectivity index (χ0n) is 13.9. The molecule has 0 bridgehead atoms. The summed E-state index contributed by atoms with van der Waals surface area (Å²) in [6.07, 6.45) is 0.600. The quantitative estimate of drug-likeness (QED) is 0.881. The second kappa shape index (κ2) is 7.04. The minimum Gasteiger partial charge on any atom is -0.211 e. The van der Waals surface area contributed by atoms with E-state index in [-0.39, 0.29) is 0 Å². The van der Waals surface area contributed by atoms with Crippen LogP contribution in [-0.2, 0) is 16.4 Å². The molecule has 23 heavy (non-hydrogen) atoms. The molecular weight excluding hydrogens is 330 g/mol. The van der Waals surface area contributed by atoms with Gasteiger partial charge in [-0.3, -0.25) is 0 Å². The van der Waals surface area contributed by atoms with Crippen molar-refractivity contribution >= 4 is 21.6 Å². The molecule has 0 aromatic heterocycles. The zero-order chi connectivity index (χ0) is 17.2. The van der Waals surface area contributed by atoms with Gasteiger partial charge in [0, 0.05) is 11.6 Å². The van der Waals surface area contributed by atoms with E-state index in [0.717, 1.165) is 27.8 Å². The predicted molar refractivity (Wildman–Crippen MR) is 95.7 cm³/mol. The molecule has 5 heteroatoms. The van der Waals surface area contributed by atoms with Gasteiger partial charge in [-0.2, -0.15) is 0 Å². The van der Waals surface area contributed by atoms with E-state index < -0.39 is 10.0 Å². The topological polar surface area (TPSA) is 46.2 Å². The Morgan fingerprint density at radius 3 is 2.17 bits per heavy atom. The molecule has 2 aromatic carbocycles. The van der Waals surface area contributed by atoms with Gasteiger partial charge in [-0.05, 0) is 74.1 Å². The fraction of sp³-hybridized carbons (Fsp3) is 0.333. The minimum absolute atomic E-state index is 0.342. The number of sulfonamides is 1. The molecule has 0 unspecified atom stereocenters. The average Bonchev–Trinajstić information content (AvgIpc) is 2.45. The summed E-state index contributed by atoms with van der Waals surface area (Å²) < 4.78 is 28.1. The predicted octanol–water partition coefficient (Wildman–Crippen LogP) is 4.09. The first-order chi connectivity index (χ1) is 10.7. The van der Waals surface area contributed by atoms with Crippen molar-refractivity contribution in [1.82, 2.24) is 4.72 Å². The summed E-state index contributed by atoms with van der Waals surface area (Å²) in [5.41, 5.74) is 4.60. The molecule has 0 radical (unpaired) electrons. The van der Waals surface area contributed by atoms with Crippen LogP contribution in [0.1, 0.15) is 27.8 Å². The lowest BCUT2D eigenvalue weighted by Crippen LogP contribution is -2.27. The SMILES string of the molecule is Cc1cc(C)c(C)c(S(=O)(=O)NCCc2cccc(Cl)c2)c1C. The van der Waals surface area contributed by atoms with Crippen LogP contribution < -0.4 is 4.72 Å². The third-order valence-corrected chi connectivity index (χ3v) is 6.13. The van der Waals surface area contributed by atoms with E-state index in [1.165, 1.54) is 0 Å². The molecule has 124 valence electrons. The highest BCUT2D eigenvalue weighted by atomic mass is 35.5. The summed E-state index contributed by atoms with van der Waals surface area (Å²) in [6, 6.07) is 9.48. The molecule has 0 saturated heterocycles. The molecule has 0 atom stereocenters. The van der Waals surface area contributed by atoms with Crippen LogP contribution in [0.15, 0.2) is 35.2 Å². The van der Waals surface area contributed by atoms with Crippen LogP contribution in [0.2, 0.25) is 5.02 Å². The normalized spacial score (nSPS) is 11.7. The molecule has 0 aliphatic carbocycles. The highest BCUT2D eigenvalue weighted by Crippen LogP contribution is 2.25. The van der Waals surface area contributed by atoms with Crippen molar-refractivity contribution in [2.75, 3.05) is 6.54 Å². The molecule has 0 heterocycles. The van der Waals surface area contributed by atoms with Gasteiger partial charge < -0.3 is 0 Å². The van der Waals surface area contributed by atoms with Crippen LogP contribution in [0.4, 0.5) is 0 Å². The number of halogens is 1. The Morgan fingerprint density at radius 1 is 1.00 bits per heavy atom. The van der Waals surface area contributed by atoms with E-state index in [2.05, 4.69) is 4.72 Å². The lowest BCUT2D eigenvalue weighted by Gasteiger charge is -2.16. The van der Waals surface area contributed by atoms with Crippen LogP contribution in [0.25, 0.3) is 0 Å². The lowest BCUT2D eigenvalue weighted by atomic mass is 10.0. The fourth-order valence-corrected chi connectivity index (χ4v) is 4.53. The van der Waals surface area contributed by atoms with Gasteiger partial charge in [0.25, 0.3) is 0 Å². The molecule has 3 nitrogen and oxygen atoms in total. The number of aryl methyl sites for hydroxylation is 2. The maximum Gasteiger partial charge on any atom is 0.241 e. The molecule has 2 rings (SSSR count). The largest absolute Gasteiger partial charge is 0.241 e. The van der Waals surface area contributed by atoms with Gasteiger partial charge in [0.2, 0.25) is 10.0 Å². The molecular formula is C18H22ClNO2S.